The van der Waals surface area contributed by atoms with E-state index in [-0.39, 0.29) is 51.6 Å². The Morgan fingerprint density at radius 1 is 1.19 bits per heavy atom. The molecule has 0 spiro atoms. The molecule has 8 nitrogen and oxygen atoms in total. The molecular weight excluding hydrogens is 577 g/mol. The van der Waals surface area contributed by atoms with E-state index in [1.54, 1.807) is 12.1 Å². The lowest BCUT2D eigenvalue weighted by molar-refractivity contribution is -0.140. The number of carboxylic acids is 1. The van der Waals surface area contributed by atoms with Crippen molar-refractivity contribution in [3.8, 4) is 11.5 Å². The number of phenols is 1. The van der Waals surface area contributed by atoms with Crippen molar-refractivity contribution >= 4 is 35.4 Å². The molecule has 42 heavy (non-hydrogen) atoms. The van der Waals surface area contributed by atoms with Gasteiger partial charge in [0, 0.05) is 28.9 Å². The van der Waals surface area contributed by atoms with Crippen molar-refractivity contribution in [2.45, 2.75) is 69.0 Å². The van der Waals surface area contributed by atoms with E-state index in [2.05, 4.69) is 12.6 Å². The van der Waals surface area contributed by atoms with Gasteiger partial charge in [-0.1, -0.05) is 25.5 Å². The number of aromatic hydroxyl groups is 1. The minimum absolute atomic E-state index is 0.0833. The Morgan fingerprint density at radius 3 is 2.52 bits per heavy atom. The minimum atomic E-state index is -4.52. The maximum Gasteiger partial charge on any atom is 0.389 e. The van der Waals surface area contributed by atoms with Crippen LogP contribution in [0.25, 0.3) is 11.0 Å². The van der Waals surface area contributed by atoms with Gasteiger partial charge in [-0.15, -0.1) is 12.6 Å². The highest BCUT2D eigenvalue weighted by Crippen LogP contribution is 2.35. The molecule has 0 saturated heterocycles. The molecule has 12 heteroatoms. The first-order chi connectivity index (χ1) is 19.7. The highest BCUT2D eigenvalue weighted by Gasteiger charge is 2.31. The number of ether oxygens (including phenoxy) is 1. The molecule has 0 aliphatic rings. The van der Waals surface area contributed by atoms with E-state index in [4.69, 9.17) is 9.15 Å². The summed E-state index contributed by atoms with van der Waals surface area (Å²) in [7, 11) is 0. The van der Waals surface area contributed by atoms with Crippen LogP contribution in [0.1, 0.15) is 77.5 Å². The van der Waals surface area contributed by atoms with E-state index in [0.29, 0.717) is 24.2 Å². The van der Waals surface area contributed by atoms with Gasteiger partial charge in [0.2, 0.25) is 5.76 Å². The van der Waals surface area contributed by atoms with Crippen molar-refractivity contribution in [3.05, 3.63) is 75.2 Å². The average Bonchev–Trinajstić information content (AvgIpc) is 2.89. The maximum absolute atomic E-state index is 13.0. The van der Waals surface area contributed by atoms with Gasteiger partial charge < -0.3 is 24.5 Å². The molecule has 3 aromatic rings. The zero-order valence-corrected chi connectivity index (χ0v) is 23.8. The van der Waals surface area contributed by atoms with Gasteiger partial charge >= 0.3 is 12.1 Å². The number of alkyl halides is 3. The molecule has 0 unspecified atom stereocenters. The van der Waals surface area contributed by atoms with Crippen LogP contribution in [0.5, 0.6) is 11.5 Å². The molecule has 1 aromatic heterocycles. The van der Waals surface area contributed by atoms with Crippen LogP contribution in [-0.4, -0.2) is 46.0 Å². The van der Waals surface area contributed by atoms with Crippen LogP contribution in [0.4, 0.5) is 13.2 Å². The number of fused-ring (bicyclic) bond motifs is 1. The Labute approximate surface area is 244 Å². The second kappa shape index (κ2) is 13.9. The summed E-state index contributed by atoms with van der Waals surface area (Å²) in [6.45, 7) is 3.34. The summed E-state index contributed by atoms with van der Waals surface area (Å²) in [6.07, 6.45) is -3.59. The lowest BCUT2D eigenvalue weighted by Gasteiger charge is -2.23. The molecule has 2 atom stereocenters. The van der Waals surface area contributed by atoms with E-state index in [1.807, 2.05) is 6.92 Å². The van der Waals surface area contributed by atoms with Crippen LogP contribution in [0.15, 0.2) is 56.6 Å². The molecule has 0 fully saturated rings. The molecule has 2 aromatic carbocycles. The number of aliphatic hydroxyl groups is 1. The van der Waals surface area contributed by atoms with E-state index in [9.17, 15) is 42.9 Å². The number of aliphatic hydroxyl groups excluding tert-OH is 1. The summed E-state index contributed by atoms with van der Waals surface area (Å²) in [5.74, 6) is -3.25. The molecule has 0 saturated carbocycles. The number of hydrogen-bond donors (Lipinski definition) is 4. The quantitative estimate of drug-likeness (QED) is 0.0753. The van der Waals surface area contributed by atoms with Crippen molar-refractivity contribution in [3.63, 3.8) is 0 Å². The lowest BCUT2D eigenvalue weighted by Crippen LogP contribution is -2.22. The van der Waals surface area contributed by atoms with E-state index in [1.165, 1.54) is 31.2 Å². The number of benzene rings is 2. The Hall–Kier alpha value is -3.77. The van der Waals surface area contributed by atoms with Crippen molar-refractivity contribution in [1.82, 2.24) is 0 Å². The highest BCUT2D eigenvalue weighted by molar-refractivity contribution is 7.80. The van der Waals surface area contributed by atoms with Gasteiger partial charge in [0.15, 0.2) is 11.2 Å². The molecule has 3 N–H and O–H groups in total. The number of phenolic OH excluding ortho intramolecular Hbond substituents is 1. The summed E-state index contributed by atoms with van der Waals surface area (Å²) in [4.78, 5) is 36.3. The Kier molecular flexibility index (Phi) is 10.9. The molecule has 0 bridgehead atoms. The average molecular weight is 609 g/mol. The number of Topliss-reactive ketones (excluding diaryl/α,β-unsaturated/α-hetero) is 1. The Balaban J connectivity index is 1.92. The molecule has 0 aliphatic carbocycles. The Bertz CT molecular complexity index is 1540. The molecular formula is C30H31F3O8S. The Morgan fingerprint density at radius 2 is 1.90 bits per heavy atom. The van der Waals surface area contributed by atoms with Gasteiger partial charge in [0.05, 0.1) is 23.7 Å². The standard InChI is InChI=1S/C30H31F3O8S/c1-3-6-20-24(9-8-18(16(2)34)28(20)37)40-12-5-4-7-19(22(35)10-11-30(31,32)33)21-13-17(42)14-25-27(21)23(36)15-26(41-25)29(38)39/h4,7-9,13-15,19,22,35,37,42H,3,5-6,10-12H2,1-2H3,(H,38,39)/t19-,22+/m0/s1. The topological polar surface area (TPSA) is 134 Å². The van der Waals surface area contributed by atoms with Crippen LogP contribution in [0.2, 0.25) is 0 Å². The normalized spacial score (nSPS) is 13.4. The second-order valence-electron chi connectivity index (χ2n) is 9.75. The molecule has 0 amide bonds. The minimum Gasteiger partial charge on any atom is -0.507 e. The third-order valence-electron chi connectivity index (χ3n) is 6.56. The summed E-state index contributed by atoms with van der Waals surface area (Å²) in [5.41, 5.74) is -0.0763. The first kappa shape index (κ1) is 32.7. The summed E-state index contributed by atoms with van der Waals surface area (Å²) >= 11 is 4.27. The SMILES string of the molecule is CCCc1c(OCCC=C[C@@H](c2cc(S)cc3oc(C(=O)O)cc(=O)c23)[C@H](O)CCC(F)(F)F)ccc(C(C)=O)c1O. The maximum atomic E-state index is 13.0. The molecule has 0 aliphatic heterocycles. The number of carbonyl (C=O) groups excluding carboxylic acids is 1. The monoisotopic (exact) mass is 608 g/mol. The van der Waals surface area contributed by atoms with Crippen LogP contribution < -0.4 is 10.2 Å². The van der Waals surface area contributed by atoms with Crippen LogP contribution in [0.3, 0.4) is 0 Å². The van der Waals surface area contributed by atoms with Crippen LogP contribution in [-0.2, 0) is 6.42 Å². The zero-order chi connectivity index (χ0) is 31.2. The van der Waals surface area contributed by atoms with Gasteiger partial charge in [0.25, 0.3) is 0 Å². The summed E-state index contributed by atoms with van der Waals surface area (Å²) < 4.78 is 50.1. The predicted octanol–water partition coefficient (Wildman–Crippen LogP) is 6.45. The lowest BCUT2D eigenvalue weighted by atomic mass is 9.87. The predicted molar refractivity (Wildman–Crippen MR) is 152 cm³/mol. The van der Waals surface area contributed by atoms with E-state index >= 15 is 0 Å². The number of rotatable bonds is 13. The van der Waals surface area contributed by atoms with Crippen molar-refractivity contribution in [2.24, 2.45) is 0 Å². The molecule has 3 rings (SSSR count). The van der Waals surface area contributed by atoms with Gasteiger partial charge in [0.1, 0.15) is 17.1 Å². The van der Waals surface area contributed by atoms with Crippen LogP contribution in [0, 0.1) is 0 Å². The fourth-order valence-corrected chi connectivity index (χ4v) is 4.87. The van der Waals surface area contributed by atoms with Gasteiger partial charge in [-0.05, 0) is 56.0 Å². The second-order valence-corrected chi connectivity index (χ2v) is 10.3. The first-order valence-corrected chi connectivity index (χ1v) is 13.6. The number of hydrogen-bond acceptors (Lipinski definition) is 8. The molecule has 1 heterocycles. The summed E-state index contributed by atoms with van der Waals surface area (Å²) in [6, 6.07) is 6.55. The number of halogens is 3. The first-order valence-electron chi connectivity index (χ1n) is 13.2. The highest BCUT2D eigenvalue weighted by atomic mass is 32.1. The van der Waals surface area contributed by atoms with E-state index < -0.39 is 48.2 Å². The number of ketones is 1. The van der Waals surface area contributed by atoms with Gasteiger partial charge in [-0.2, -0.15) is 13.2 Å². The van der Waals surface area contributed by atoms with E-state index in [0.717, 1.165) is 6.07 Å². The van der Waals surface area contributed by atoms with Gasteiger partial charge in [-0.3, -0.25) is 9.59 Å². The number of carboxylic acid groups (broad SMARTS) is 1. The third-order valence-corrected chi connectivity index (χ3v) is 6.82. The van der Waals surface area contributed by atoms with Crippen LogP contribution >= 0.6 is 12.6 Å². The fraction of sp³-hybridized carbons (Fsp3) is 0.367. The van der Waals surface area contributed by atoms with Crippen molar-refractivity contribution in [2.75, 3.05) is 6.61 Å². The smallest absolute Gasteiger partial charge is 0.389 e. The number of aromatic carboxylic acids is 1. The largest absolute Gasteiger partial charge is 0.507 e. The number of carbonyl (C=O) groups is 2. The summed E-state index contributed by atoms with van der Waals surface area (Å²) in [5, 5.41) is 30.5. The van der Waals surface area contributed by atoms with Crippen molar-refractivity contribution in [1.29, 1.82) is 0 Å². The zero-order valence-electron chi connectivity index (χ0n) is 22.9. The fourth-order valence-electron chi connectivity index (χ4n) is 4.61. The molecule has 0 radical (unpaired) electrons. The third kappa shape index (κ3) is 8.16. The van der Waals surface area contributed by atoms with Crippen molar-refractivity contribution < 1.29 is 47.2 Å². The number of thiol groups is 1. The van der Waals surface area contributed by atoms with Gasteiger partial charge in [-0.25, -0.2) is 4.79 Å². The molecule has 226 valence electrons.